The van der Waals surface area contributed by atoms with Crippen molar-refractivity contribution in [2.45, 2.75) is 51.4 Å². The number of rotatable bonds is 4. The van der Waals surface area contributed by atoms with Gasteiger partial charge in [0.2, 0.25) is 11.8 Å². The molecule has 168 valence electrons. The highest BCUT2D eigenvalue weighted by Crippen LogP contribution is 2.61. The molecular formula is C27H25Cl2N3O. The first kappa shape index (κ1) is 20.2. The van der Waals surface area contributed by atoms with E-state index in [1.807, 2.05) is 30.3 Å². The zero-order valence-electron chi connectivity index (χ0n) is 18.4. The lowest BCUT2D eigenvalue weighted by atomic mass is 9.49. The van der Waals surface area contributed by atoms with Crippen molar-refractivity contribution < 1.29 is 4.42 Å². The highest BCUT2D eigenvalue weighted by atomic mass is 35.5. The average molecular weight is 478 g/mol. The van der Waals surface area contributed by atoms with Crippen molar-refractivity contribution in [3.63, 3.8) is 0 Å². The van der Waals surface area contributed by atoms with E-state index in [0.717, 1.165) is 58.2 Å². The maximum Gasteiger partial charge on any atom is 0.247 e. The summed E-state index contributed by atoms with van der Waals surface area (Å²) in [6.45, 7) is 0. The van der Waals surface area contributed by atoms with Crippen LogP contribution in [0.25, 0.3) is 11.5 Å². The molecule has 1 aliphatic heterocycles. The summed E-state index contributed by atoms with van der Waals surface area (Å²) in [5, 5.41) is 10.1. The van der Waals surface area contributed by atoms with E-state index in [2.05, 4.69) is 16.3 Å². The van der Waals surface area contributed by atoms with Crippen molar-refractivity contribution in [3.05, 3.63) is 63.5 Å². The molecule has 0 atom stereocenters. The maximum atomic E-state index is 6.41. The molecule has 2 aromatic carbocycles. The second-order valence-electron chi connectivity index (χ2n) is 10.8. The molecule has 4 bridgehead atoms. The molecule has 4 fully saturated rings. The Morgan fingerprint density at radius 3 is 2.30 bits per heavy atom. The molecule has 6 heteroatoms. The number of hydrogen-bond acceptors (Lipinski definition) is 4. The van der Waals surface area contributed by atoms with Crippen molar-refractivity contribution >= 4 is 34.6 Å². The lowest BCUT2D eigenvalue weighted by molar-refractivity contribution is -0.0550. The van der Waals surface area contributed by atoms with Gasteiger partial charge in [0.15, 0.2) is 0 Å². The smallest absolute Gasteiger partial charge is 0.247 e. The van der Waals surface area contributed by atoms with Crippen LogP contribution in [0.5, 0.6) is 0 Å². The summed E-state index contributed by atoms with van der Waals surface area (Å²) < 4.78 is 6.22. The first-order valence-corrected chi connectivity index (χ1v) is 12.8. The van der Waals surface area contributed by atoms with E-state index >= 15 is 0 Å². The number of halogens is 2. The van der Waals surface area contributed by atoms with Gasteiger partial charge in [-0.1, -0.05) is 29.3 Å². The van der Waals surface area contributed by atoms with Crippen LogP contribution in [-0.4, -0.2) is 15.9 Å². The van der Waals surface area contributed by atoms with Gasteiger partial charge >= 0.3 is 0 Å². The van der Waals surface area contributed by atoms with Crippen LogP contribution in [0.4, 0.5) is 5.69 Å². The molecule has 4 aliphatic carbocycles. The molecule has 0 saturated heterocycles. The van der Waals surface area contributed by atoms with Gasteiger partial charge in [0.1, 0.15) is 0 Å². The molecule has 0 radical (unpaired) electrons. The Kier molecular flexibility index (Phi) is 4.54. The zero-order valence-corrected chi connectivity index (χ0v) is 19.9. The predicted octanol–water partition coefficient (Wildman–Crippen LogP) is 7.48. The Morgan fingerprint density at radius 1 is 0.909 bits per heavy atom. The third-order valence-corrected chi connectivity index (χ3v) is 8.98. The number of aliphatic imine (C=N–C) groups is 1. The summed E-state index contributed by atoms with van der Waals surface area (Å²) in [5.74, 6) is 4.18. The Balaban J connectivity index is 1.12. The molecule has 1 aromatic heterocycles. The largest absolute Gasteiger partial charge is 0.421 e. The van der Waals surface area contributed by atoms with E-state index < -0.39 is 0 Å². The van der Waals surface area contributed by atoms with Crippen LogP contribution in [0.3, 0.4) is 0 Å². The molecule has 5 aliphatic rings. The Hall–Kier alpha value is -2.17. The topological polar surface area (TPSA) is 51.3 Å². The standard InChI is InChI=1S/C27H25Cl2N3O/c28-20-2-1-3-21(29)25(20)23-10-19-9-18(4-5-22(19)30-23)26-32-31-24(33-26)14-27-11-15-6-16(12-27)8-17(7-15)13-27/h1-5,9,15-17H,6-8,10-14H2. The Bertz CT molecular complexity index is 1240. The van der Waals surface area contributed by atoms with Crippen LogP contribution < -0.4 is 0 Å². The van der Waals surface area contributed by atoms with E-state index in [4.69, 9.17) is 32.6 Å². The van der Waals surface area contributed by atoms with Crippen molar-refractivity contribution in [2.75, 3.05) is 0 Å². The molecule has 0 spiro atoms. The van der Waals surface area contributed by atoms with E-state index in [0.29, 0.717) is 27.8 Å². The fourth-order valence-corrected chi connectivity index (χ4v) is 8.14. The normalized spacial score (nSPS) is 29.4. The van der Waals surface area contributed by atoms with Crippen LogP contribution in [0, 0.1) is 23.2 Å². The van der Waals surface area contributed by atoms with E-state index in [9.17, 15) is 0 Å². The van der Waals surface area contributed by atoms with Gasteiger partial charge in [-0.3, -0.25) is 4.99 Å². The summed E-state index contributed by atoms with van der Waals surface area (Å²) in [5.41, 5.74) is 5.12. The molecule has 4 saturated carbocycles. The van der Waals surface area contributed by atoms with Gasteiger partial charge in [0.25, 0.3) is 0 Å². The van der Waals surface area contributed by atoms with Crippen LogP contribution in [0.1, 0.15) is 55.5 Å². The van der Waals surface area contributed by atoms with E-state index in [-0.39, 0.29) is 0 Å². The quantitative estimate of drug-likeness (QED) is 0.391. The Labute approximate surface area is 203 Å². The first-order valence-electron chi connectivity index (χ1n) is 12.0. The number of benzene rings is 2. The minimum atomic E-state index is 0.396. The lowest BCUT2D eigenvalue weighted by Gasteiger charge is -2.56. The maximum absolute atomic E-state index is 6.41. The number of fused-ring (bicyclic) bond motifs is 1. The monoisotopic (exact) mass is 477 g/mol. The number of hydrogen-bond donors (Lipinski definition) is 0. The Morgan fingerprint density at radius 2 is 1.61 bits per heavy atom. The number of nitrogens with zero attached hydrogens (tertiary/aromatic N) is 3. The van der Waals surface area contributed by atoms with Gasteiger partial charge in [0, 0.05) is 24.0 Å². The molecule has 4 nitrogen and oxygen atoms in total. The summed E-state index contributed by atoms with van der Waals surface area (Å²) >= 11 is 12.8. The second kappa shape index (κ2) is 7.41. The van der Waals surface area contributed by atoms with Gasteiger partial charge < -0.3 is 4.42 Å². The van der Waals surface area contributed by atoms with Crippen LogP contribution >= 0.6 is 23.2 Å². The van der Waals surface area contributed by atoms with Crippen molar-refractivity contribution in [1.29, 1.82) is 0 Å². The highest BCUT2D eigenvalue weighted by Gasteiger charge is 2.51. The fourth-order valence-electron chi connectivity index (χ4n) is 7.52. The van der Waals surface area contributed by atoms with Crippen molar-refractivity contribution in [2.24, 2.45) is 28.2 Å². The molecule has 2 heterocycles. The second-order valence-corrected chi connectivity index (χ2v) is 11.6. The summed E-state index contributed by atoms with van der Waals surface area (Å²) in [7, 11) is 0. The third-order valence-electron chi connectivity index (χ3n) is 8.35. The minimum Gasteiger partial charge on any atom is -0.421 e. The molecule has 8 rings (SSSR count). The first-order chi connectivity index (χ1) is 16.0. The van der Waals surface area contributed by atoms with Gasteiger partial charge in [-0.05, 0) is 97.6 Å². The highest BCUT2D eigenvalue weighted by molar-refractivity contribution is 6.40. The van der Waals surface area contributed by atoms with Crippen LogP contribution in [0.2, 0.25) is 10.0 Å². The SMILES string of the molecule is Clc1cccc(Cl)c1C1=Nc2ccc(-c3nnc(CC45CC6CC(CC(C6)C4)C5)o3)cc2C1. The fraction of sp³-hybridized carbons (Fsp3) is 0.444. The molecule has 33 heavy (non-hydrogen) atoms. The molecule has 0 unspecified atom stereocenters. The summed E-state index contributed by atoms with van der Waals surface area (Å²) in [6.07, 6.45) is 10.0. The summed E-state index contributed by atoms with van der Waals surface area (Å²) in [4.78, 5) is 4.79. The van der Waals surface area contributed by atoms with Crippen LogP contribution in [0.15, 0.2) is 45.8 Å². The van der Waals surface area contributed by atoms with Gasteiger partial charge in [-0.15, -0.1) is 10.2 Å². The molecular weight excluding hydrogens is 453 g/mol. The lowest BCUT2D eigenvalue weighted by Crippen LogP contribution is -2.47. The van der Waals surface area contributed by atoms with Gasteiger partial charge in [-0.25, -0.2) is 0 Å². The van der Waals surface area contributed by atoms with Gasteiger partial charge in [-0.2, -0.15) is 0 Å². The average Bonchev–Trinajstić information content (AvgIpc) is 3.38. The molecule has 0 N–H and O–H groups in total. The number of aromatic nitrogens is 2. The van der Waals surface area contributed by atoms with Crippen molar-refractivity contribution in [3.8, 4) is 11.5 Å². The third kappa shape index (κ3) is 3.45. The van der Waals surface area contributed by atoms with E-state index in [1.165, 1.54) is 38.5 Å². The van der Waals surface area contributed by atoms with E-state index in [1.54, 1.807) is 0 Å². The predicted molar refractivity (Wildman–Crippen MR) is 130 cm³/mol. The van der Waals surface area contributed by atoms with Crippen LogP contribution in [-0.2, 0) is 12.8 Å². The van der Waals surface area contributed by atoms with Crippen molar-refractivity contribution in [1.82, 2.24) is 10.2 Å². The minimum absolute atomic E-state index is 0.396. The molecule has 0 amide bonds. The zero-order chi connectivity index (χ0) is 22.2. The van der Waals surface area contributed by atoms with Gasteiger partial charge in [0.05, 0.1) is 21.4 Å². The molecule has 3 aromatic rings. The summed E-state index contributed by atoms with van der Waals surface area (Å²) in [6, 6.07) is 11.7.